The van der Waals surface area contributed by atoms with Gasteiger partial charge in [0.05, 0.1) is 13.2 Å². The maximum Gasteiger partial charge on any atom is 0.255 e. The van der Waals surface area contributed by atoms with Gasteiger partial charge in [0, 0.05) is 29.8 Å². The number of allylic oxidation sites excluding steroid dienone is 2. The summed E-state index contributed by atoms with van der Waals surface area (Å²) in [5.41, 5.74) is 2.41. The van der Waals surface area contributed by atoms with Crippen molar-refractivity contribution in [1.82, 2.24) is 10.2 Å². The van der Waals surface area contributed by atoms with Crippen LogP contribution >= 0.6 is 0 Å². The van der Waals surface area contributed by atoms with E-state index >= 15 is 0 Å². The summed E-state index contributed by atoms with van der Waals surface area (Å²) in [5, 5.41) is 2.71. The molecule has 1 fully saturated rings. The quantitative estimate of drug-likeness (QED) is 0.890. The molecule has 2 aliphatic rings. The fourth-order valence-corrected chi connectivity index (χ4v) is 3.46. The minimum atomic E-state index is -0.415. The molecule has 0 aromatic heterocycles. The van der Waals surface area contributed by atoms with E-state index in [0.29, 0.717) is 43.0 Å². The molecule has 1 aliphatic carbocycles. The Labute approximate surface area is 162 Å². The van der Waals surface area contributed by atoms with Crippen molar-refractivity contribution in [3.8, 4) is 0 Å². The first-order chi connectivity index (χ1) is 13.6. The predicted octanol–water partition coefficient (Wildman–Crippen LogP) is 2.35. The Morgan fingerprint density at radius 3 is 2.18 bits per heavy atom. The molecule has 0 saturated carbocycles. The minimum absolute atomic E-state index is 0.0381. The molecule has 0 spiro atoms. The third kappa shape index (κ3) is 3.23. The maximum atomic E-state index is 13.2. The van der Waals surface area contributed by atoms with E-state index in [9.17, 15) is 14.4 Å². The van der Waals surface area contributed by atoms with Crippen LogP contribution in [0.25, 0.3) is 0 Å². The Morgan fingerprint density at radius 2 is 1.54 bits per heavy atom. The normalized spacial score (nSPS) is 16.8. The number of fused-ring (bicyclic) bond motifs is 1. The predicted molar refractivity (Wildman–Crippen MR) is 103 cm³/mol. The summed E-state index contributed by atoms with van der Waals surface area (Å²) in [4.78, 5) is 40.9. The van der Waals surface area contributed by atoms with Crippen LogP contribution in [0.4, 0.5) is 0 Å². The second kappa shape index (κ2) is 7.40. The molecular weight excluding hydrogens is 356 g/mol. The van der Waals surface area contributed by atoms with Crippen molar-refractivity contribution in [3.05, 3.63) is 82.2 Å². The van der Waals surface area contributed by atoms with Gasteiger partial charge in [-0.1, -0.05) is 42.0 Å². The van der Waals surface area contributed by atoms with E-state index in [-0.39, 0.29) is 23.0 Å². The number of benzene rings is 2. The topological polar surface area (TPSA) is 75.7 Å². The van der Waals surface area contributed by atoms with Gasteiger partial charge in [0.25, 0.3) is 5.91 Å². The number of carbonyl (C=O) groups is 3. The monoisotopic (exact) mass is 376 g/mol. The van der Waals surface area contributed by atoms with Crippen LogP contribution in [0.1, 0.15) is 36.6 Å². The molecule has 0 unspecified atom stereocenters. The summed E-state index contributed by atoms with van der Waals surface area (Å²) < 4.78 is 5.37. The number of carbonyl (C=O) groups excluding carboxylic acids is 3. The van der Waals surface area contributed by atoms with Crippen molar-refractivity contribution in [3.63, 3.8) is 0 Å². The zero-order valence-corrected chi connectivity index (χ0v) is 15.5. The highest BCUT2D eigenvalue weighted by Gasteiger charge is 2.36. The third-order valence-corrected chi connectivity index (χ3v) is 4.97. The van der Waals surface area contributed by atoms with Crippen LogP contribution in [0.15, 0.2) is 59.9 Å². The van der Waals surface area contributed by atoms with Gasteiger partial charge in [-0.2, -0.15) is 0 Å². The number of amides is 1. The van der Waals surface area contributed by atoms with Crippen molar-refractivity contribution < 1.29 is 19.1 Å². The summed E-state index contributed by atoms with van der Waals surface area (Å²) >= 11 is 0. The van der Waals surface area contributed by atoms with Gasteiger partial charge in [-0.15, -0.1) is 0 Å². The number of nitrogens with zero attached hydrogens (tertiary/aromatic N) is 1. The Hall–Kier alpha value is -3.25. The average molecular weight is 376 g/mol. The van der Waals surface area contributed by atoms with Crippen LogP contribution in [0.2, 0.25) is 0 Å². The lowest BCUT2D eigenvalue weighted by molar-refractivity contribution is 0.0492. The zero-order chi connectivity index (χ0) is 19.7. The summed E-state index contributed by atoms with van der Waals surface area (Å²) in [5.74, 6) is -1.02. The highest BCUT2D eigenvalue weighted by molar-refractivity contribution is 6.27. The molecule has 6 heteroatoms. The number of morpholine rings is 1. The van der Waals surface area contributed by atoms with Gasteiger partial charge in [0.2, 0.25) is 11.6 Å². The van der Waals surface area contributed by atoms with Gasteiger partial charge in [-0.25, -0.2) is 0 Å². The molecular formula is C22H20N2O4. The summed E-state index contributed by atoms with van der Waals surface area (Å²) in [6.45, 7) is 3.83. The van der Waals surface area contributed by atoms with Crippen LogP contribution in [-0.4, -0.2) is 48.7 Å². The maximum absolute atomic E-state index is 13.2. The molecule has 142 valence electrons. The zero-order valence-electron chi connectivity index (χ0n) is 15.5. The molecule has 28 heavy (non-hydrogen) atoms. The number of ether oxygens (including phenoxy) is 1. The molecule has 1 heterocycles. The second-order valence-corrected chi connectivity index (χ2v) is 6.85. The molecule has 2 aromatic carbocycles. The molecule has 0 atom stereocenters. The molecule has 1 amide bonds. The Bertz CT molecular complexity index is 986. The fourth-order valence-electron chi connectivity index (χ4n) is 3.46. The number of hydrogen-bond donors (Lipinski definition) is 1. The van der Waals surface area contributed by atoms with Crippen molar-refractivity contribution in [1.29, 1.82) is 0 Å². The largest absolute Gasteiger partial charge is 0.378 e. The standard InChI is InChI=1S/C22H20N2O4/c1-14-6-8-15(9-7-14)22(27)23-18-19(24-10-12-28-13-11-24)21(26)17-5-3-2-4-16(17)20(18)25/h2-9H,10-13H2,1H3,(H,23,27). The number of aryl methyl sites for hydroxylation is 1. The molecule has 2 aromatic rings. The van der Waals surface area contributed by atoms with E-state index in [1.807, 2.05) is 24.0 Å². The van der Waals surface area contributed by atoms with Crippen LogP contribution in [0.3, 0.4) is 0 Å². The lowest BCUT2D eigenvalue weighted by atomic mass is 9.89. The third-order valence-electron chi connectivity index (χ3n) is 4.97. The molecule has 6 nitrogen and oxygen atoms in total. The molecule has 0 radical (unpaired) electrons. The van der Waals surface area contributed by atoms with Crippen molar-refractivity contribution in [2.45, 2.75) is 6.92 Å². The van der Waals surface area contributed by atoms with Gasteiger partial charge in [-0.3, -0.25) is 14.4 Å². The van der Waals surface area contributed by atoms with Crippen molar-refractivity contribution >= 4 is 17.5 Å². The summed E-state index contributed by atoms with van der Waals surface area (Å²) in [7, 11) is 0. The lowest BCUT2D eigenvalue weighted by Crippen LogP contribution is -2.44. The SMILES string of the molecule is Cc1ccc(C(=O)NC2=C(N3CCOCC3)C(=O)c3ccccc3C2=O)cc1. The molecule has 1 saturated heterocycles. The average Bonchev–Trinajstić information content (AvgIpc) is 2.73. The molecule has 4 rings (SSSR count). The lowest BCUT2D eigenvalue weighted by Gasteiger charge is -2.33. The van der Waals surface area contributed by atoms with Crippen LogP contribution in [0.5, 0.6) is 0 Å². The number of Topliss-reactive ketones (excluding diaryl/α,β-unsaturated/α-hetero) is 2. The number of ketones is 2. The summed E-state index contributed by atoms with van der Waals surface area (Å²) in [6, 6.07) is 13.8. The summed E-state index contributed by atoms with van der Waals surface area (Å²) in [6.07, 6.45) is 0. The number of rotatable bonds is 3. The van der Waals surface area contributed by atoms with E-state index in [1.54, 1.807) is 36.4 Å². The minimum Gasteiger partial charge on any atom is -0.378 e. The van der Waals surface area contributed by atoms with Crippen LogP contribution < -0.4 is 5.32 Å². The second-order valence-electron chi connectivity index (χ2n) is 6.85. The van der Waals surface area contributed by atoms with Gasteiger partial charge >= 0.3 is 0 Å². The molecule has 0 bridgehead atoms. The Morgan fingerprint density at radius 1 is 0.929 bits per heavy atom. The molecule has 1 N–H and O–H groups in total. The number of nitrogens with one attached hydrogen (secondary N) is 1. The van der Waals surface area contributed by atoms with E-state index in [1.165, 1.54) is 0 Å². The van der Waals surface area contributed by atoms with Gasteiger partial charge in [0.1, 0.15) is 11.4 Å². The molecule has 1 aliphatic heterocycles. The van der Waals surface area contributed by atoms with Crippen LogP contribution in [-0.2, 0) is 4.74 Å². The Balaban J connectivity index is 1.76. The highest BCUT2D eigenvalue weighted by atomic mass is 16.5. The van der Waals surface area contributed by atoms with Crippen molar-refractivity contribution in [2.75, 3.05) is 26.3 Å². The van der Waals surface area contributed by atoms with Gasteiger partial charge in [-0.05, 0) is 19.1 Å². The Kier molecular flexibility index (Phi) is 4.79. The first-order valence-corrected chi connectivity index (χ1v) is 9.19. The number of hydrogen-bond acceptors (Lipinski definition) is 5. The highest BCUT2D eigenvalue weighted by Crippen LogP contribution is 2.28. The van der Waals surface area contributed by atoms with E-state index in [4.69, 9.17) is 4.74 Å². The fraction of sp³-hybridized carbons (Fsp3) is 0.227. The van der Waals surface area contributed by atoms with Crippen molar-refractivity contribution in [2.24, 2.45) is 0 Å². The van der Waals surface area contributed by atoms with E-state index in [2.05, 4.69) is 5.32 Å². The van der Waals surface area contributed by atoms with Gasteiger partial charge < -0.3 is 15.0 Å². The van der Waals surface area contributed by atoms with E-state index in [0.717, 1.165) is 5.56 Å². The first-order valence-electron chi connectivity index (χ1n) is 9.19. The first kappa shape index (κ1) is 18.1. The smallest absolute Gasteiger partial charge is 0.255 e. The van der Waals surface area contributed by atoms with Crippen LogP contribution in [0, 0.1) is 6.92 Å². The van der Waals surface area contributed by atoms with Gasteiger partial charge in [0.15, 0.2) is 0 Å². The van der Waals surface area contributed by atoms with E-state index < -0.39 is 5.91 Å².